The van der Waals surface area contributed by atoms with Crippen molar-refractivity contribution in [1.82, 2.24) is 24.9 Å². The van der Waals surface area contributed by atoms with Crippen LogP contribution < -0.4 is 0 Å². The van der Waals surface area contributed by atoms with Crippen LogP contribution in [0.5, 0.6) is 0 Å². The van der Waals surface area contributed by atoms with Crippen LogP contribution in [-0.4, -0.2) is 51.5 Å². The van der Waals surface area contributed by atoms with Crippen LogP contribution in [-0.2, 0) is 17.8 Å². The fourth-order valence-electron chi connectivity index (χ4n) is 2.76. The molecular weight excluding hydrogens is 314 g/mol. The van der Waals surface area contributed by atoms with E-state index >= 15 is 0 Å². The van der Waals surface area contributed by atoms with Crippen molar-refractivity contribution in [1.29, 1.82) is 0 Å². The van der Waals surface area contributed by atoms with Crippen molar-refractivity contribution in [3.05, 3.63) is 27.8 Å². The molecule has 3 rings (SSSR count). The van der Waals surface area contributed by atoms with Crippen molar-refractivity contribution in [2.75, 3.05) is 20.6 Å². The highest BCUT2D eigenvalue weighted by Gasteiger charge is 2.30. The Morgan fingerprint density at radius 1 is 1.48 bits per heavy atom. The van der Waals surface area contributed by atoms with Gasteiger partial charge in [0, 0.05) is 32.9 Å². The Balaban J connectivity index is 1.65. The van der Waals surface area contributed by atoms with Gasteiger partial charge in [0.1, 0.15) is 5.01 Å². The Kier molecular flexibility index (Phi) is 4.72. The van der Waals surface area contributed by atoms with Crippen LogP contribution in [0.15, 0.2) is 9.90 Å². The van der Waals surface area contributed by atoms with Gasteiger partial charge in [0.2, 0.25) is 11.8 Å². The van der Waals surface area contributed by atoms with Gasteiger partial charge in [0.25, 0.3) is 0 Å². The van der Waals surface area contributed by atoms with E-state index in [2.05, 4.69) is 20.0 Å². The van der Waals surface area contributed by atoms with Gasteiger partial charge in [-0.15, -0.1) is 11.3 Å². The van der Waals surface area contributed by atoms with Crippen LogP contribution in [0.25, 0.3) is 0 Å². The molecule has 1 unspecified atom stereocenters. The monoisotopic (exact) mass is 335 g/mol. The highest BCUT2D eigenvalue weighted by molar-refractivity contribution is 7.09. The lowest BCUT2D eigenvalue weighted by Crippen LogP contribution is -2.24. The predicted octanol–water partition coefficient (Wildman–Crippen LogP) is 1.80. The van der Waals surface area contributed by atoms with Crippen LogP contribution in [0.3, 0.4) is 0 Å². The molecule has 0 N–H and O–H groups in total. The van der Waals surface area contributed by atoms with Gasteiger partial charge in [0.05, 0.1) is 18.2 Å². The number of hydrogen-bond donors (Lipinski definition) is 0. The number of likely N-dealkylation sites (tertiary alicyclic amines) is 1. The van der Waals surface area contributed by atoms with E-state index in [1.54, 1.807) is 30.3 Å². The van der Waals surface area contributed by atoms with E-state index in [0.717, 1.165) is 42.5 Å². The molecule has 2 aromatic rings. The van der Waals surface area contributed by atoms with Crippen molar-refractivity contribution in [3.8, 4) is 0 Å². The zero-order valence-corrected chi connectivity index (χ0v) is 14.5. The molecule has 1 amide bonds. The van der Waals surface area contributed by atoms with Gasteiger partial charge in [-0.25, -0.2) is 4.98 Å². The van der Waals surface area contributed by atoms with Gasteiger partial charge < -0.3 is 9.42 Å². The smallest absolute Gasteiger partial charge is 0.228 e. The third kappa shape index (κ3) is 3.76. The largest absolute Gasteiger partial charge is 0.348 e. The zero-order valence-electron chi connectivity index (χ0n) is 13.7. The molecule has 0 bridgehead atoms. The van der Waals surface area contributed by atoms with Gasteiger partial charge >= 0.3 is 0 Å². The normalized spacial score (nSPS) is 18.5. The standard InChI is InChI=1S/C15H21N5O2S/c1-10-16-15(18-22-10)12-5-4-6-20(12)8-11-9-23-13(17-11)7-14(21)19(2)3/h9,12H,4-8H2,1-3H3. The number of carbonyl (C=O) groups is 1. The summed E-state index contributed by atoms with van der Waals surface area (Å²) in [6.45, 7) is 3.57. The molecule has 0 aromatic carbocycles. The lowest BCUT2D eigenvalue weighted by Gasteiger charge is -2.20. The number of aromatic nitrogens is 3. The van der Waals surface area contributed by atoms with Crippen molar-refractivity contribution < 1.29 is 9.32 Å². The Hall–Kier alpha value is -1.80. The molecular formula is C15H21N5O2S. The molecule has 8 heteroatoms. The number of thiazole rings is 1. The lowest BCUT2D eigenvalue weighted by molar-refractivity contribution is -0.127. The maximum absolute atomic E-state index is 11.8. The van der Waals surface area contributed by atoms with Crippen LogP contribution in [0, 0.1) is 6.92 Å². The van der Waals surface area contributed by atoms with Crippen LogP contribution >= 0.6 is 11.3 Å². The van der Waals surface area contributed by atoms with Gasteiger partial charge in [-0.3, -0.25) is 9.69 Å². The molecule has 0 aliphatic carbocycles. The van der Waals surface area contributed by atoms with Crippen molar-refractivity contribution >= 4 is 17.2 Å². The number of hydrogen-bond acceptors (Lipinski definition) is 7. The van der Waals surface area contributed by atoms with Crippen LogP contribution in [0.4, 0.5) is 0 Å². The van der Waals surface area contributed by atoms with Gasteiger partial charge in [-0.1, -0.05) is 5.16 Å². The lowest BCUT2D eigenvalue weighted by atomic mass is 10.2. The molecule has 1 fully saturated rings. The zero-order chi connectivity index (χ0) is 16.4. The number of likely N-dealkylation sites (N-methyl/N-ethyl adjacent to an activating group) is 1. The summed E-state index contributed by atoms with van der Waals surface area (Å²) < 4.78 is 5.10. The predicted molar refractivity (Wildman–Crippen MR) is 85.9 cm³/mol. The Morgan fingerprint density at radius 3 is 3.00 bits per heavy atom. The highest BCUT2D eigenvalue weighted by Crippen LogP contribution is 2.31. The summed E-state index contributed by atoms with van der Waals surface area (Å²) in [4.78, 5) is 24.6. The Labute approximate surface area is 139 Å². The molecule has 1 aliphatic heterocycles. The Morgan fingerprint density at radius 2 is 2.30 bits per heavy atom. The molecule has 0 radical (unpaired) electrons. The molecule has 0 saturated carbocycles. The minimum atomic E-state index is 0.0761. The first-order chi connectivity index (χ1) is 11.0. The fraction of sp³-hybridized carbons (Fsp3) is 0.600. The summed E-state index contributed by atoms with van der Waals surface area (Å²) in [5.74, 6) is 1.44. The summed E-state index contributed by atoms with van der Waals surface area (Å²) >= 11 is 1.54. The second-order valence-electron chi connectivity index (χ2n) is 6.00. The third-order valence-electron chi connectivity index (χ3n) is 3.97. The van der Waals surface area contributed by atoms with E-state index in [0.29, 0.717) is 12.3 Å². The first-order valence-electron chi connectivity index (χ1n) is 7.70. The quantitative estimate of drug-likeness (QED) is 0.829. The van der Waals surface area contributed by atoms with Gasteiger partial charge in [-0.05, 0) is 19.4 Å². The summed E-state index contributed by atoms with van der Waals surface area (Å²) in [7, 11) is 3.52. The van der Waals surface area contributed by atoms with Gasteiger partial charge in [0.15, 0.2) is 5.82 Å². The average molecular weight is 335 g/mol. The summed E-state index contributed by atoms with van der Waals surface area (Å²) in [5.41, 5.74) is 1.00. The highest BCUT2D eigenvalue weighted by atomic mass is 32.1. The van der Waals surface area contributed by atoms with E-state index in [4.69, 9.17) is 4.52 Å². The number of amides is 1. The topological polar surface area (TPSA) is 75.4 Å². The molecule has 0 spiro atoms. The first kappa shape index (κ1) is 16.1. The van der Waals surface area contributed by atoms with Crippen molar-refractivity contribution in [2.24, 2.45) is 0 Å². The fourth-order valence-corrected chi connectivity index (χ4v) is 3.53. The average Bonchev–Trinajstić information content (AvgIpc) is 3.21. The second-order valence-corrected chi connectivity index (χ2v) is 6.94. The Bertz CT molecular complexity index is 681. The van der Waals surface area contributed by atoms with Crippen molar-refractivity contribution in [3.63, 3.8) is 0 Å². The van der Waals surface area contributed by atoms with E-state index in [9.17, 15) is 4.79 Å². The maximum Gasteiger partial charge on any atom is 0.228 e. The summed E-state index contributed by atoms with van der Waals surface area (Å²) in [6, 6.07) is 0.195. The first-order valence-corrected chi connectivity index (χ1v) is 8.58. The molecule has 2 aromatic heterocycles. The minimum Gasteiger partial charge on any atom is -0.348 e. The van der Waals surface area contributed by atoms with Crippen molar-refractivity contribution in [2.45, 2.75) is 38.8 Å². The maximum atomic E-state index is 11.8. The van der Waals surface area contributed by atoms with Crippen LogP contribution in [0.2, 0.25) is 0 Å². The van der Waals surface area contributed by atoms with Crippen LogP contribution in [0.1, 0.15) is 41.3 Å². The molecule has 3 heterocycles. The number of carbonyl (C=O) groups excluding carboxylic acids is 1. The number of aryl methyl sites for hydroxylation is 1. The number of nitrogens with zero attached hydrogens (tertiary/aromatic N) is 5. The molecule has 23 heavy (non-hydrogen) atoms. The molecule has 7 nitrogen and oxygen atoms in total. The molecule has 1 aliphatic rings. The van der Waals surface area contributed by atoms with E-state index in [-0.39, 0.29) is 11.9 Å². The number of rotatable bonds is 5. The summed E-state index contributed by atoms with van der Waals surface area (Å²) in [6.07, 6.45) is 2.52. The second kappa shape index (κ2) is 6.76. The minimum absolute atomic E-state index is 0.0761. The third-order valence-corrected chi connectivity index (χ3v) is 4.87. The molecule has 124 valence electrons. The van der Waals surface area contributed by atoms with E-state index in [1.165, 1.54) is 0 Å². The van der Waals surface area contributed by atoms with E-state index in [1.807, 2.05) is 12.3 Å². The molecule has 1 atom stereocenters. The van der Waals surface area contributed by atoms with E-state index < -0.39 is 0 Å². The molecule has 1 saturated heterocycles. The SMILES string of the molecule is Cc1nc(C2CCCN2Cc2csc(CC(=O)N(C)C)n2)no1. The summed E-state index contributed by atoms with van der Waals surface area (Å²) in [5, 5.41) is 6.96. The van der Waals surface area contributed by atoms with Gasteiger partial charge in [-0.2, -0.15) is 4.98 Å².